The Morgan fingerprint density at radius 3 is 2.29 bits per heavy atom. The smallest absolute Gasteiger partial charge is 0.240 e. The standard InChI is InChI=1S/C21H30N4O2S/c1-21(2,3)18-5-7-19(8-6-18)28(26,27)23-16-17-9-10-22-20(15-17)25-13-11-24(4)12-14-25/h5-10,15,23H,11-14,16H2,1-4H3. The molecule has 1 saturated heterocycles. The van der Waals surface area contributed by atoms with E-state index >= 15 is 0 Å². The summed E-state index contributed by atoms with van der Waals surface area (Å²) in [5.74, 6) is 0.902. The van der Waals surface area contributed by atoms with Crippen LogP contribution in [0.25, 0.3) is 0 Å². The highest BCUT2D eigenvalue weighted by molar-refractivity contribution is 7.89. The molecule has 1 fully saturated rings. The Morgan fingerprint density at radius 1 is 1.04 bits per heavy atom. The number of rotatable bonds is 5. The molecule has 3 rings (SSSR count). The molecule has 28 heavy (non-hydrogen) atoms. The van der Waals surface area contributed by atoms with Gasteiger partial charge in [-0.25, -0.2) is 18.1 Å². The number of benzene rings is 1. The molecule has 0 atom stereocenters. The average molecular weight is 403 g/mol. The maximum Gasteiger partial charge on any atom is 0.240 e. The quantitative estimate of drug-likeness (QED) is 0.833. The molecule has 0 spiro atoms. The van der Waals surface area contributed by atoms with Crippen LogP contribution in [0.4, 0.5) is 5.82 Å². The van der Waals surface area contributed by atoms with Crippen molar-refractivity contribution in [2.45, 2.75) is 37.6 Å². The fourth-order valence-electron chi connectivity index (χ4n) is 3.17. The van der Waals surface area contributed by atoms with Crippen molar-refractivity contribution in [3.63, 3.8) is 0 Å². The zero-order valence-corrected chi connectivity index (χ0v) is 18.0. The van der Waals surface area contributed by atoms with E-state index < -0.39 is 10.0 Å². The second kappa shape index (κ2) is 8.19. The van der Waals surface area contributed by atoms with Gasteiger partial charge >= 0.3 is 0 Å². The van der Waals surface area contributed by atoms with Crippen molar-refractivity contribution in [3.8, 4) is 0 Å². The molecular weight excluding hydrogens is 372 g/mol. The summed E-state index contributed by atoms with van der Waals surface area (Å²) >= 11 is 0. The van der Waals surface area contributed by atoms with Gasteiger partial charge in [-0.15, -0.1) is 0 Å². The molecule has 2 aromatic rings. The van der Waals surface area contributed by atoms with Gasteiger partial charge in [0.05, 0.1) is 4.90 Å². The molecule has 0 aliphatic carbocycles. The van der Waals surface area contributed by atoms with Crippen molar-refractivity contribution < 1.29 is 8.42 Å². The van der Waals surface area contributed by atoms with Crippen LogP contribution in [-0.2, 0) is 22.0 Å². The molecule has 6 nitrogen and oxygen atoms in total. The highest BCUT2D eigenvalue weighted by Crippen LogP contribution is 2.23. The number of anilines is 1. The van der Waals surface area contributed by atoms with Gasteiger partial charge in [-0.2, -0.15) is 0 Å². The lowest BCUT2D eigenvalue weighted by molar-refractivity contribution is 0.312. The van der Waals surface area contributed by atoms with E-state index in [9.17, 15) is 8.42 Å². The Morgan fingerprint density at radius 2 is 1.68 bits per heavy atom. The number of aromatic nitrogens is 1. The summed E-state index contributed by atoms with van der Waals surface area (Å²) in [6, 6.07) is 10.9. The van der Waals surface area contributed by atoms with Crippen molar-refractivity contribution in [1.82, 2.24) is 14.6 Å². The second-order valence-corrected chi connectivity index (χ2v) is 10.2. The molecule has 152 valence electrons. The fraction of sp³-hybridized carbons (Fsp3) is 0.476. The Kier molecular flexibility index (Phi) is 6.07. The molecular formula is C21H30N4O2S. The topological polar surface area (TPSA) is 65.5 Å². The highest BCUT2D eigenvalue weighted by atomic mass is 32.2. The largest absolute Gasteiger partial charge is 0.354 e. The molecule has 0 bridgehead atoms. The lowest BCUT2D eigenvalue weighted by Crippen LogP contribution is -2.44. The molecule has 1 aliphatic rings. The maximum absolute atomic E-state index is 12.6. The summed E-state index contributed by atoms with van der Waals surface area (Å²) in [6.07, 6.45) is 1.75. The van der Waals surface area contributed by atoms with Crippen molar-refractivity contribution in [3.05, 3.63) is 53.7 Å². The molecule has 2 heterocycles. The average Bonchev–Trinajstić information content (AvgIpc) is 2.67. The number of hydrogen-bond donors (Lipinski definition) is 1. The number of pyridine rings is 1. The molecule has 0 unspecified atom stereocenters. The maximum atomic E-state index is 12.6. The van der Waals surface area contributed by atoms with Crippen LogP contribution in [0.2, 0.25) is 0 Å². The zero-order valence-electron chi connectivity index (χ0n) is 17.1. The Balaban J connectivity index is 1.67. The molecule has 7 heteroatoms. The Bertz CT molecular complexity index is 897. The van der Waals surface area contributed by atoms with Crippen LogP contribution in [0.3, 0.4) is 0 Å². The first-order valence-corrected chi connectivity index (χ1v) is 11.1. The highest BCUT2D eigenvalue weighted by Gasteiger charge is 2.18. The number of nitrogens with zero attached hydrogens (tertiary/aromatic N) is 3. The predicted octanol–water partition coefficient (Wildman–Crippen LogP) is 2.61. The van der Waals surface area contributed by atoms with Crippen LogP contribution in [0.15, 0.2) is 47.5 Å². The molecule has 1 aromatic heterocycles. The molecule has 0 radical (unpaired) electrons. The molecule has 0 saturated carbocycles. The first kappa shape index (κ1) is 20.8. The van der Waals surface area contributed by atoms with Crippen LogP contribution >= 0.6 is 0 Å². The van der Waals surface area contributed by atoms with E-state index in [1.54, 1.807) is 18.3 Å². The van der Waals surface area contributed by atoms with Crippen LogP contribution in [0, 0.1) is 0 Å². The second-order valence-electron chi connectivity index (χ2n) is 8.41. The van der Waals surface area contributed by atoms with Gasteiger partial charge in [0.25, 0.3) is 0 Å². The Labute approximate surface area is 168 Å². The lowest BCUT2D eigenvalue weighted by atomic mass is 9.87. The van der Waals surface area contributed by atoms with E-state index in [1.165, 1.54) is 0 Å². The van der Waals surface area contributed by atoms with E-state index in [-0.39, 0.29) is 16.9 Å². The summed E-state index contributed by atoms with van der Waals surface area (Å²) in [5.41, 5.74) is 2.00. The number of hydrogen-bond acceptors (Lipinski definition) is 5. The van der Waals surface area contributed by atoms with Crippen molar-refractivity contribution in [2.75, 3.05) is 38.1 Å². The monoisotopic (exact) mass is 402 g/mol. The van der Waals surface area contributed by atoms with Gasteiger partial charge in [-0.05, 0) is 47.9 Å². The van der Waals surface area contributed by atoms with E-state index in [2.05, 4.69) is 47.3 Å². The van der Waals surface area contributed by atoms with Gasteiger partial charge in [-0.3, -0.25) is 0 Å². The van der Waals surface area contributed by atoms with Gasteiger partial charge in [0.15, 0.2) is 0 Å². The van der Waals surface area contributed by atoms with Crippen molar-refractivity contribution in [2.24, 2.45) is 0 Å². The molecule has 0 amide bonds. The third-order valence-electron chi connectivity index (χ3n) is 5.13. The third kappa shape index (κ3) is 5.10. The zero-order chi connectivity index (χ0) is 20.4. The fourth-order valence-corrected chi connectivity index (χ4v) is 4.19. The normalized spacial score (nSPS) is 16.4. The number of nitrogens with one attached hydrogen (secondary N) is 1. The predicted molar refractivity (Wildman–Crippen MR) is 113 cm³/mol. The van der Waals surface area contributed by atoms with E-state index in [0.717, 1.165) is 43.1 Å². The summed E-state index contributed by atoms with van der Waals surface area (Å²) in [7, 11) is -1.44. The van der Waals surface area contributed by atoms with Crippen LogP contribution in [-0.4, -0.2) is 51.5 Å². The molecule has 1 N–H and O–H groups in total. The van der Waals surface area contributed by atoms with Gasteiger partial charge in [-0.1, -0.05) is 32.9 Å². The van der Waals surface area contributed by atoms with Crippen molar-refractivity contribution in [1.29, 1.82) is 0 Å². The van der Waals surface area contributed by atoms with Gasteiger partial charge in [0.2, 0.25) is 10.0 Å². The van der Waals surface area contributed by atoms with Gasteiger partial charge < -0.3 is 9.80 Å². The SMILES string of the molecule is CN1CCN(c2cc(CNS(=O)(=O)c3ccc(C(C)(C)C)cc3)ccn2)CC1. The Hall–Kier alpha value is -1.96. The summed E-state index contributed by atoms with van der Waals surface area (Å²) in [4.78, 5) is 9.27. The molecule has 1 aliphatic heterocycles. The first-order chi connectivity index (χ1) is 13.1. The number of piperazine rings is 1. The van der Waals surface area contributed by atoms with Gasteiger partial charge in [0, 0.05) is 38.9 Å². The first-order valence-electron chi connectivity index (χ1n) is 9.64. The van der Waals surface area contributed by atoms with Crippen LogP contribution < -0.4 is 9.62 Å². The minimum absolute atomic E-state index is 0.00752. The van der Waals surface area contributed by atoms with Crippen LogP contribution in [0.5, 0.6) is 0 Å². The number of likely N-dealkylation sites (N-methyl/N-ethyl adjacent to an activating group) is 1. The summed E-state index contributed by atoms with van der Waals surface area (Å²) in [5, 5.41) is 0. The van der Waals surface area contributed by atoms with Gasteiger partial charge in [0.1, 0.15) is 5.82 Å². The van der Waals surface area contributed by atoms with Crippen molar-refractivity contribution >= 4 is 15.8 Å². The van der Waals surface area contributed by atoms with E-state index in [4.69, 9.17) is 0 Å². The lowest BCUT2D eigenvalue weighted by Gasteiger charge is -2.33. The minimum atomic E-state index is -3.56. The van der Waals surface area contributed by atoms with E-state index in [1.807, 2.05) is 24.3 Å². The third-order valence-corrected chi connectivity index (χ3v) is 6.55. The van der Waals surface area contributed by atoms with Crippen LogP contribution in [0.1, 0.15) is 31.9 Å². The summed E-state index contributed by atoms with van der Waals surface area (Å²) in [6.45, 7) is 10.4. The summed E-state index contributed by atoms with van der Waals surface area (Å²) < 4.78 is 28.0. The number of sulfonamides is 1. The minimum Gasteiger partial charge on any atom is -0.354 e. The molecule has 1 aromatic carbocycles. The van der Waals surface area contributed by atoms with E-state index in [0.29, 0.717) is 0 Å².